The molecule has 0 unspecified atom stereocenters. The molecule has 4 heteroatoms. The third kappa shape index (κ3) is 2.47. The number of hydrogen-bond acceptors (Lipinski definition) is 3. The number of carbonyl (C=O) groups is 1. The minimum absolute atomic E-state index is 0.195. The largest absolute Gasteiger partial charge is 0.493 e. The number of rotatable bonds is 4. The van der Waals surface area contributed by atoms with Crippen LogP contribution < -0.4 is 10.1 Å². The molecule has 0 spiro atoms. The lowest BCUT2D eigenvalue weighted by Gasteiger charge is -2.17. The fourth-order valence-electron chi connectivity index (χ4n) is 1.69. The number of halogens is 1. The average molecular weight is 240 g/mol. The molecule has 86 valence electrons. The number of ether oxygens (including phenoxy) is 1. The van der Waals surface area contributed by atoms with Gasteiger partial charge in [0.15, 0.2) is 5.78 Å². The Bertz CT molecular complexity index is 393. The number of carbonyl (C=O) groups excluding carboxylic acids is 1. The van der Waals surface area contributed by atoms with Gasteiger partial charge in [-0.3, -0.25) is 4.79 Å². The van der Waals surface area contributed by atoms with Gasteiger partial charge in [0.1, 0.15) is 5.75 Å². The smallest absolute Gasteiger partial charge is 0.166 e. The lowest BCUT2D eigenvalue weighted by atomic mass is 10.0. The third-order valence-corrected chi connectivity index (χ3v) is 2.77. The van der Waals surface area contributed by atoms with E-state index in [0.717, 1.165) is 23.4 Å². The summed E-state index contributed by atoms with van der Waals surface area (Å²) in [6.07, 6.45) is 1.39. The quantitative estimate of drug-likeness (QED) is 0.649. The summed E-state index contributed by atoms with van der Waals surface area (Å²) in [6, 6.07) is 5.53. The highest BCUT2D eigenvalue weighted by molar-refractivity contribution is 6.17. The van der Waals surface area contributed by atoms with Crippen molar-refractivity contribution < 1.29 is 9.53 Å². The van der Waals surface area contributed by atoms with E-state index >= 15 is 0 Å². The third-order valence-electron chi connectivity index (χ3n) is 2.51. The Kier molecular flexibility index (Phi) is 3.67. The average Bonchev–Trinajstić information content (AvgIpc) is 2.30. The van der Waals surface area contributed by atoms with E-state index in [1.807, 2.05) is 18.2 Å². The molecular formula is C12H14ClNO2. The highest BCUT2D eigenvalue weighted by Gasteiger charge is 2.16. The summed E-state index contributed by atoms with van der Waals surface area (Å²) < 4.78 is 5.51. The van der Waals surface area contributed by atoms with E-state index in [4.69, 9.17) is 16.3 Å². The topological polar surface area (TPSA) is 38.3 Å². The fraction of sp³-hybridized carbons (Fsp3) is 0.417. The maximum Gasteiger partial charge on any atom is 0.166 e. The Labute approximate surface area is 99.7 Å². The van der Waals surface area contributed by atoms with Crippen LogP contribution in [0.25, 0.3) is 0 Å². The number of Topliss-reactive ketones (excluding diaryl/α,β-unsaturated/α-hetero) is 1. The van der Waals surface area contributed by atoms with Crippen LogP contribution in [0.2, 0.25) is 0 Å². The Morgan fingerprint density at radius 2 is 2.31 bits per heavy atom. The second-order valence-electron chi connectivity index (χ2n) is 3.70. The van der Waals surface area contributed by atoms with E-state index in [9.17, 15) is 4.79 Å². The van der Waals surface area contributed by atoms with Gasteiger partial charge in [-0.2, -0.15) is 0 Å². The minimum Gasteiger partial charge on any atom is -0.493 e. The number of hydrogen-bond donors (Lipinski definition) is 1. The molecule has 1 aliphatic heterocycles. The molecule has 1 heterocycles. The zero-order valence-electron chi connectivity index (χ0n) is 8.96. The van der Waals surface area contributed by atoms with E-state index in [-0.39, 0.29) is 5.78 Å². The van der Waals surface area contributed by atoms with E-state index in [2.05, 4.69) is 5.32 Å². The Morgan fingerprint density at radius 1 is 1.44 bits per heavy atom. The SMILES string of the molecule is O=C1CCNc2cc(OCCCCl)ccc21. The molecule has 1 aromatic carbocycles. The Morgan fingerprint density at radius 3 is 3.12 bits per heavy atom. The van der Waals surface area contributed by atoms with E-state index in [1.165, 1.54) is 0 Å². The summed E-state index contributed by atoms with van der Waals surface area (Å²) in [5.74, 6) is 1.58. The van der Waals surface area contributed by atoms with Crippen molar-refractivity contribution in [2.45, 2.75) is 12.8 Å². The molecule has 0 radical (unpaired) electrons. The van der Waals surface area contributed by atoms with Crippen LogP contribution in [0.1, 0.15) is 23.2 Å². The van der Waals surface area contributed by atoms with Gasteiger partial charge in [0.25, 0.3) is 0 Å². The molecule has 3 nitrogen and oxygen atoms in total. The predicted molar refractivity (Wildman–Crippen MR) is 64.7 cm³/mol. The number of nitrogens with one attached hydrogen (secondary N) is 1. The van der Waals surface area contributed by atoms with Crippen molar-refractivity contribution >= 4 is 23.1 Å². The summed E-state index contributed by atoms with van der Waals surface area (Å²) >= 11 is 5.57. The summed E-state index contributed by atoms with van der Waals surface area (Å²) in [5.41, 5.74) is 1.63. The standard InChI is InChI=1S/C12H14ClNO2/c13-5-1-7-16-9-2-3-10-11(8-9)14-6-4-12(10)15/h2-3,8,14H,1,4-7H2. The van der Waals surface area contributed by atoms with E-state index in [1.54, 1.807) is 0 Å². The van der Waals surface area contributed by atoms with Gasteiger partial charge in [-0.1, -0.05) is 0 Å². The van der Waals surface area contributed by atoms with Crippen LogP contribution in [0.5, 0.6) is 5.75 Å². The van der Waals surface area contributed by atoms with Gasteiger partial charge >= 0.3 is 0 Å². The summed E-state index contributed by atoms with van der Waals surface area (Å²) in [4.78, 5) is 11.6. The molecule has 1 N–H and O–H groups in total. The van der Waals surface area contributed by atoms with Crippen LogP contribution >= 0.6 is 11.6 Å². The van der Waals surface area contributed by atoms with Crippen LogP contribution in [0.3, 0.4) is 0 Å². The van der Waals surface area contributed by atoms with Crippen molar-refractivity contribution in [1.29, 1.82) is 0 Å². The second kappa shape index (κ2) is 5.21. The van der Waals surface area contributed by atoms with Crippen LogP contribution in [-0.4, -0.2) is 24.8 Å². The van der Waals surface area contributed by atoms with Gasteiger partial charge in [0.05, 0.1) is 6.61 Å². The second-order valence-corrected chi connectivity index (χ2v) is 4.08. The Balaban J connectivity index is 2.09. The number of anilines is 1. The van der Waals surface area contributed by atoms with Crippen molar-refractivity contribution in [2.24, 2.45) is 0 Å². The number of fused-ring (bicyclic) bond motifs is 1. The van der Waals surface area contributed by atoms with Crippen LogP contribution in [0.4, 0.5) is 5.69 Å². The van der Waals surface area contributed by atoms with E-state index < -0.39 is 0 Å². The van der Waals surface area contributed by atoms with E-state index in [0.29, 0.717) is 25.5 Å². The summed E-state index contributed by atoms with van der Waals surface area (Å²) in [6.45, 7) is 1.31. The molecule has 1 aromatic rings. The van der Waals surface area contributed by atoms with Crippen LogP contribution in [0, 0.1) is 0 Å². The lowest BCUT2D eigenvalue weighted by molar-refractivity contribution is 0.0983. The Hall–Kier alpha value is -1.22. The molecule has 0 bridgehead atoms. The molecule has 1 aliphatic rings. The van der Waals surface area contributed by atoms with Crippen molar-refractivity contribution in [2.75, 3.05) is 24.3 Å². The number of benzene rings is 1. The van der Waals surface area contributed by atoms with Gasteiger partial charge < -0.3 is 10.1 Å². The summed E-state index contributed by atoms with van der Waals surface area (Å²) in [5, 5.41) is 3.20. The zero-order valence-corrected chi connectivity index (χ0v) is 9.72. The highest BCUT2D eigenvalue weighted by Crippen LogP contribution is 2.26. The van der Waals surface area contributed by atoms with Gasteiger partial charge in [-0.15, -0.1) is 11.6 Å². The summed E-state index contributed by atoms with van der Waals surface area (Å²) in [7, 11) is 0. The lowest BCUT2D eigenvalue weighted by Crippen LogP contribution is -2.17. The first kappa shape index (κ1) is 11.3. The van der Waals surface area contributed by atoms with Crippen molar-refractivity contribution in [3.63, 3.8) is 0 Å². The van der Waals surface area contributed by atoms with Gasteiger partial charge in [-0.05, 0) is 18.6 Å². The monoisotopic (exact) mass is 239 g/mol. The van der Waals surface area contributed by atoms with Crippen LogP contribution in [-0.2, 0) is 0 Å². The molecule has 2 rings (SSSR count). The maximum absolute atomic E-state index is 11.6. The molecule has 0 aromatic heterocycles. The normalized spacial score (nSPS) is 14.2. The van der Waals surface area contributed by atoms with Crippen LogP contribution in [0.15, 0.2) is 18.2 Å². The first-order valence-corrected chi connectivity index (χ1v) is 5.94. The fourth-order valence-corrected chi connectivity index (χ4v) is 1.80. The highest BCUT2D eigenvalue weighted by atomic mass is 35.5. The van der Waals surface area contributed by atoms with Gasteiger partial charge in [0.2, 0.25) is 0 Å². The van der Waals surface area contributed by atoms with Crippen molar-refractivity contribution in [3.8, 4) is 5.75 Å². The van der Waals surface area contributed by atoms with Gasteiger partial charge in [0, 0.05) is 36.2 Å². The molecule has 16 heavy (non-hydrogen) atoms. The first-order chi connectivity index (χ1) is 7.81. The maximum atomic E-state index is 11.6. The first-order valence-electron chi connectivity index (χ1n) is 5.41. The number of alkyl halides is 1. The predicted octanol–water partition coefficient (Wildman–Crippen LogP) is 2.69. The van der Waals surface area contributed by atoms with Crippen molar-refractivity contribution in [3.05, 3.63) is 23.8 Å². The molecule has 0 saturated heterocycles. The molecule has 0 fully saturated rings. The molecule has 0 amide bonds. The molecular weight excluding hydrogens is 226 g/mol. The zero-order chi connectivity index (χ0) is 11.4. The van der Waals surface area contributed by atoms with Gasteiger partial charge in [-0.25, -0.2) is 0 Å². The molecule has 0 atom stereocenters. The molecule has 0 aliphatic carbocycles. The number of ketones is 1. The minimum atomic E-state index is 0.195. The van der Waals surface area contributed by atoms with Crippen molar-refractivity contribution in [1.82, 2.24) is 0 Å². The molecule has 0 saturated carbocycles.